The molecule has 7 rings (SSSR count). The Bertz CT molecular complexity index is 1750. The number of hydrogen-bond donors (Lipinski definition) is 2. The lowest BCUT2D eigenvalue weighted by atomic mass is 9.79. The lowest BCUT2D eigenvalue weighted by molar-refractivity contribution is -0.132. The highest BCUT2D eigenvalue weighted by molar-refractivity contribution is 6.47. The highest BCUT2D eigenvalue weighted by Crippen LogP contribution is 2.47. The number of pyridine rings is 1. The minimum absolute atomic E-state index is 0.0463. The number of carbonyl (C=O) groups is 3. The number of aliphatic imine (C=N–C) groups is 1. The fourth-order valence-corrected chi connectivity index (χ4v) is 6.32. The first-order valence-corrected chi connectivity index (χ1v) is 13.6. The van der Waals surface area contributed by atoms with Crippen LogP contribution in [0.2, 0.25) is 0 Å². The van der Waals surface area contributed by atoms with E-state index in [2.05, 4.69) is 15.6 Å². The number of rotatable bonds is 5. The third-order valence-corrected chi connectivity index (χ3v) is 8.44. The number of hydrogen-bond acceptors (Lipinski definition) is 5. The highest BCUT2D eigenvalue weighted by atomic mass is 16.2. The van der Waals surface area contributed by atoms with E-state index in [4.69, 9.17) is 4.99 Å². The van der Waals surface area contributed by atoms with Crippen LogP contribution >= 0.6 is 0 Å². The van der Waals surface area contributed by atoms with E-state index in [1.807, 2.05) is 97.9 Å². The quantitative estimate of drug-likeness (QED) is 0.395. The molecule has 3 aliphatic rings. The standard InChI is InChI=1S/C33H27N5O3/c1-32(24-11-6-3-7-12-24)37-28(21-9-4-2-5-10-21)30(40)38(32)20-27(39)35-25-15-14-22-18-33(19-23(22)17-25)26-13-8-16-34-29(26)36-31(33)41/h2-17H,18-20H2,1H3,(H,35,39)(H,34,36,41)/t32-,33?/m1/s1. The van der Waals surface area contributed by atoms with Gasteiger partial charge in [-0.1, -0.05) is 72.8 Å². The number of carbonyl (C=O) groups excluding carboxylic acids is 3. The number of fused-ring (bicyclic) bond motifs is 3. The number of nitrogens with zero attached hydrogens (tertiary/aromatic N) is 3. The Balaban J connectivity index is 1.13. The second-order valence-corrected chi connectivity index (χ2v) is 10.9. The van der Waals surface area contributed by atoms with Gasteiger partial charge in [-0.25, -0.2) is 9.98 Å². The van der Waals surface area contributed by atoms with E-state index in [1.165, 1.54) is 4.90 Å². The molecule has 0 radical (unpaired) electrons. The molecule has 4 aromatic rings. The molecule has 3 amide bonds. The molecule has 41 heavy (non-hydrogen) atoms. The SMILES string of the molecule is C[C@@]1(c2ccccc2)N=C(c2ccccc2)C(=O)N1CC(=O)Nc1ccc2c(c1)CC1(C2)C(=O)Nc2ncccc21. The number of amides is 3. The monoisotopic (exact) mass is 541 g/mol. The first kappa shape index (κ1) is 24.9. The summed E-state index contributed by atoms with van der Waals surface area (Å²) in [7, 11) is 0. The zero-order valence-electron chi connectivity index (χ0n) is 22.4. The van der Waals surface area contributed by atoms with Crippen LogP contribution in [0.1, 0.15) is 34.7 Å². The van der Waals surface area contributed by atoms with E-state index in [0.717, 1.165) is 22.3 Å². The van der Waals surface area contributed by atoms with Gasteiger partial charge in [-0.15, -0.1) is 0 Å². The molecule has 1 unspecified atom stereocenters. The molecule has 0 bridgehead atoms. The van der Waals surface area contributed by atoms with E-state index in [-0.39, 0.29) is 24.3 Å². The summed E-state index contributed by atoms with van der Waals surface area (Å²) in [5.74, 6) is -0.0541. The maximum atomic E-state index is 13.7. The average Bonchev–Trinajstić information content (AvgIpc) is 3.60. The zero-order valence-corrected chi connectivity index (χ0v) is 22.4. The van der Waals surface area contributed by atoms with Crippen LogP contribution in [0.15, 0.2) is 102 Å². The molecule has 8 heteroatoms. The largest absolute Gasteiger partial charge is 0.325 e. The van der Waals surface area contributed by atoms with Gasteiger partial charge in [0.1, 0.15) is 18.1 Å². The van der Waals surface area contributed by atoms with Crippen molar-refractivity contribution in [1.29, 1.82) is 0 Å². The van der Waals surface area contributed by atoms with Crippen LogP contribution in [0.4, 0.5) is 11.5 Å². The molecule has 2 atom stereocenters. The molecule has 0 saturated heterocycles. The number of aromatic nitrogens is 1. The minimum atomic E-state index is -1.04. The zero-order chi connectivity index (χ0) is 28.2. The lowest BCUT2D eigenvalue weighted by Crippen LogP contribution is -2.46. The topological polar surface area (TPSA) is 104 Å². The van der Waals surface area contributed by atoms with E-state index in [0.29, 0.717) is 35.6 Å². The van der Waals surface area contributed by atoms with Crippen molar-refractivity contribution < 1.29 is 14.4 Å². The van der Waals surface area contributed by atoms with Crippen LogP contribution in [0, 0.1) is 0 Å². The minimum Gasteiger partial charge on any atom is -0.325 e. The summed E-state index contributed by atoms with van der Waals surface area (Å²) in [6, 6.07) is 28.4. The van der Waals surface area contributed by atoms with Crippen molar-refractivity contribution >= 4 is 34.9 Å². The highest BCUT2D eigenvalue weighted by Gasteiger charge is 2.51. The molecular weight excluding hydrogens is 514 g/mol. The molecule has 1 aliphatic carbocycles. The fourth-order valence-electron chi connectivity index (χ4n) is 6.32. The molecule has 2 N–H and O–H groups in total. The van der Waals surface area contributed by atoms with Crippen LogP contribution in [-0.2, 0) is 38.3 Å². The van der Waals surface area contributed by atoms with Crippen LogP contribution in [0.5, 0.6) is 0 Å². The predicted octanol–water partition coefficient (Wildman–Crippen LogP) is 4.21. The van der Waals surface area contributed by atoms with Crippen molar-refractivity contribution in [2.45, 2.75) is 30.8 Å². The van der Waals surface area contributed by atoms with Crippen LogP contribution in [-0.4, -0.2) is 39.9 Å². The molecule has 0 fully saturated rings. The molecule has 8 nitrogen and oxygen atoms in total. The fraction of sp³-hybridized carbons (Fsp3) is 0.182. The summed E-state index contributed by atoms with van der Waals surface area (Å²) < 4.78 is 0. The molecule has 3 aromatic carbocycles. The summed E-state index contributed by atoms with van der Waals surface area (Å²) >= 11 is 0. The molecule has 2 aliphatic heterocycles. The molecule has 1 aromatic heterocycles. The van der Waals surface area contributed by atoms with Gasteiger partial charge in [-0.2, -0.15) is 0 Å². The summed E-state index contributed by atoms with van der Waals surface area (Å²) in [6.45, 7) is 1.68. The molecule has 202 valence electrons. The van der Waals surface area contributed by atoms with E-state index in [9.17, 15) is 14.4 Å². The number of anilines is 2. The Morgan fingerprint density at radius 3 is 2.44 bits per heavy atom. The summed E-state index contributed by atoms with van der Waals surface area (Å²) in [4.78, 5) is 50.9. The summed E-state index contributed by atoms with van der Waals surface area (Å²) in [6.07, 6.45) is 2.79. The Morgan fingerprint density at radius 2 is 1.66 bits per heavy atom. The van der Waals surface area contributed by atoms with Gasteiger partial charge in [-0.05, 0) is 54.7 Å². The van der Waals surface area contributed by atoms with Gasteiger partial charge in [0, 0.05) is 23.0 Å². The Labute approximate surface area is 237 Å². The van der Waals surface area contributed by atoms with Crippen LogP contribution in [0.25, 0.3) is 0 Å². The maximum absolute atomic E-state index is 13.7. The first-order chi connectivity index (χ1) is 19.9. The van der Waals surface area contributed by atoms with Crippen molar-refractivity contribution in [2.24, 2.45) is 4.99 Å². The van der Waals surface area contributed by atoms with Crippen LogP contribution < -0.4 is 10.6 Å². The second-order valence-electron chi connectivity index (χ2n) is 10.9. The molecule has 1 spiro atoms. The third kappa shape index (κ3) is 3.94. The molecular formula is C33H27N5O3. The van der Waals surface area contributed by atoms with Gasteiger partial charge in [0.25, 0.3) is 5.91 Å². The number of benzene rings is 3. The summed E-state index contributed by atoms with van der Waals surface area (Å²) in [5.41, 5.74) is 3.75. The maximum Gasteiger partial charge on any atom is 0.275 e. The smallest absolute Gasteiger partial charge is 0.275 e. The van der Waals surface area contributed by atoms with Gasteiger partial charge < -0.3 is 10.6 Å². The van der Waals surface area contributed by atoms with Crippen LogP contribution in [0.3, 0.4) is 0 Å². The van der Waals surface area contributed by atoms with E-state index in [1.54, 1.807) is 6.20 Å². The van der Waals surface area contributed by atoms with Crippen molar-refractivity contribution in [3.8, 4) is 0 Å². The first-order valence-electron chi connectivity index (χ1n) is 13.6. The van der Waals surface area contributed by atoms with Crippen molar-refractivity contribution in [1.82, 2.24) is 9.88 Å². The van der Waals surface area contributed by atoms with Crippen molar-refractivity contribution in [3.05, 3.63) is 125 Å². The predicted molar refractivity (Wildman–Crippen MR) is 156 cm³/mol. The van der Waals surface area contributed by atoms with Gasteiger partial charge in [0.2, 0.25) is 11.8 Å². The van der Waals surface area contributed by atoms with Gasteiger partial charge in [0.15, 0.2) is 5.66 Å². The molecule has 0 saturated carbocycles. The van der Waals surface area contributed by atoms with Crippen molar-refractivity contribution in [2.75, 3.05) is 17.2 Å². The average molecular weight is 542 g/mol. The van der Waals surface area contributed by atoms with E-state index >= 15 is 0 Å². The van der Waals surface area contributed by atoms with Gasteiger partial charge in [0.05, 0.1) is 5.41 Å². The normalized spacial score (nSPS) is 22.4. The number of nitrogens with one attached hydrogen (secondary N) is 2. The lowest BCUT2D eigenvalue weighted by Gasteiger charge is -2.33. The van der Waals surface area contributed by atoms with Gasteiger partial charge in [-0.3, -0.25) is 19.3 Å². The van der Waals surface area contributed by atoms with E-state index < -0.39 is 11.1 Å². The Hall–Kier alpha value is -5.11. The Kier molecular flexibility index (Phi) is 5.61. The Morgan fingerprint density at radius 1 is 0.927 bits per heavy atom. The van der Waals surface area contributed by atoms with Gasteiger partial charge >= 0.3 is 0 Å². The second kappa shape index (κ2) is 9.23. The van der Waals surface area contributed by atoms with Crippen molar-refractivity contribution in [3.63, 3.8) is 0 Å². The summed E-state index contributed by atoms with van der Waals surface area (Å²) in [5, 5.41) is 5.90. The third-order valence-electron chi connectivity index (χ3n) is 8.44. The molecule has 3 heterocycles.